The summed E-state index contributed by atoms with van der Waals surface area (Å²) in [6.45, 7) is 5.20. The van der Waals surface area contributed by atoms with Gasteiger partial charge < -0.3 is 10.1 Å². The van der Waals surface area contributed by atoms with Crippen LogP contribution in [-0.4, -0.2) is 38.2 Å². The van der Waals surface area contributed by atoms with Gasteiger partial charge in [0.05, 0.1) is 30.0 Å². The van der Waals surface area contributed by atoms with Gasteiger partial charge in [-0.1, -0.05) is 0 Å². The van der Waals surface area contributed by atoms with Crippen molar-refractivity contribution in [2.24, 2.45) is 0 Å². The van der Waals surface area contributed by atoms with Crippen LogP contribution in [-0.2, 0) is 17.8 Å². The Labute approximate surface area is 121 Å². The van der Waals surface area contributed by atoms with Crippen LogP contribution in [0.4, 0.5) is 17.2 Å². The predicted octanol–water partition coefficient (Wildman–Crippen LogP) is 1.71. The summed E-state index contributed by atoms with van der Waals surface area (Å²) in [6, 6.07) is 0. The first kappa shape index (κ1) is 15.0. The van der Waals surface area contributed by atoms with Gasteiger partial charge in [-0.3, -0.25) is 14.8 Å². The lowest BCUT2D eigenvalue weighted by atomic mass is 10.3. The summed E-state index contributed by atoms with van der Waals surface area (Å²) in [7, 11) is 1.62. The third kappa shape index (κ3) is 3.19. The second-order valence-corrected chi connectivity index (χ2v) is 4.47. The van der Waals surface area contributed by atoms with E-state index in [0.717, 1.165) is 0 Å². The van der Waals surface area contributed by atoms with Gasteiger partial charge in [-0.2, -0.15) is 10.2 Å². The van der Waals surface area contributed by atoms with E-state index < -0.39 is 4.92 Å². The van der Waals surface area contributed by atoms with Crippen molar-refractivity contribution in [2.75, 3.05) is 19.0 Å². The lowest BCUT2D eigenvalue weighted by Crippen LogP contribution is -2.05. The third-order valence-electron chi connectivity index (χ3n) is 3.00. The second-order valence-electron chi connectivity index (χ2n) is 4.47. The number of hydrogen-bond acceptors (Lipinski definition) is 6. The number of anilines is 2. The van der Waals surface area contributed by atoms with E-state index in [1.807, 2.05) is 6.92 Å². The van der Waals surface area contributed by atoms with Crippen LogP contribution >= 0.6 is 0 Å². The Morgan fingerprint density at radius 3 is 2.90 bits per heavy atom. The van der Waals surface area contributed by atoms with Crippen LogP contribution in [0.3, 0.4) is 0 Å². The zero-order valence-corrected chi connectivity index (χ0v) is 12.2. The monoisotopic (exact) mass is 294 g/mol. The Hall–Kier alpha value is -2.42. The number of aryl methyl sites for hydroxylation is 2. The molecule has 0 aromatic carbocycles. The van der Waals surface area contributed by atoms with Gasteiger partial charge in [0, 0.05) is 19.9 Å². The van der Waals surface area contributed by atoms with Crippen LogP contribution in [0.5, 0.6) is 0 Å². The van der Waals surface area contributed by atoms with Crippen LogP contribution in [0.25, 0.3) is 0 Å². The van der Waals surface area contributed by atoms with Gasteiger partial charge in [0.25, 0.3) is 0 Å². The van der Waals surface area contributed by atoms with E-state index in [9.17, 15) is 10.1 Å². The van der Waals surface area contributed by atoms with E-state index in [0.29, 0.717) is 36.9 Å². The molecule has 2 rings (SSSR count). The van der Waals surface area contributed by atoms with Crippen molar-refractivity contribution in [3.05, 3.63) is 28.2 Å². The first-order chi connectivity index (χ1) is 10.1. The molecule has 0 bridgehead atoms. The predicted molar refractivity (Wildman–Crippen MR) is 76.7 cm³/mol. The van der Waals surface area contributed by atoms with Gasteiger partial charge in [0.1, 0.15) is 5.69 Å². The highest BCUT2D eigenvalue weighted by Crippen LogP contribution is 2.30. The van der Waals surface area contributed by atoms with Crippen molar-refractivity contribution >= 4 is 17.2 Å². The lowest BCUT2D eigenvalue weighted by Gasteiger charge is -2.05. The molecule has 0 aliphatic heterocycles. The molecule has 0 radical (unpaired) electrons. The van der Waals surface area contributed by atoms with E-state index in [1.54, 1.807) is 35.8 Å². The van der Waals surface area contributed by atoms with Gasteiger partial charge in [0.2, 0.25) is 5.82 Å². The smallest absolute Gasteiger partial charge is 0.334 e. The van der Waals surface area contributed by atoms with Crippen LogP contribution in [0.2, 0.25) is 0 Å². The molecule has 2 heterocycles. The minimum absolute atomic E-state index is 0.0125. The fourth-order valence-corrected chi connectivity index (χ4v) is 2.02. The molecular weight excluding hydrogens is 276 g/mol. The van der Waals surface area contributed by atoms with Gasteiger partial charge in [-0.05, 0) is 13.8 Å². The normalized spacial score (nSPS) is 10.8. The summed E-state index contributed by atoms with van der Waals surface area (Å²) in [4.78, 5) is 10.8. The van der Waals surface area contributed by atoms with Crippen molar-refractivity contribution in [1.82, 2.24) is 19.6 Å². The Balaban J connectivity index is 2.26. The maximum atomic E-state index is 11.2. The van der Waals surface area contributed by atoms with Gasteiger partial charge in [-0.15, -0.1) is 0 Å². The maximum absolute atomic E-state index is 11.2. The maximum Gasteiger partial charge on any atom is 0.334 e. The number of nitro groups is 1. The minimum atomic E-state index is -0.424. The van der Waals surface area contributed by atoms with Crippen LogP contribution in [0, 0.1) is 17.0 Å². The molecule has 0 saturated heterocycles. The fraction of sp³-hybridized carbons (Fsp3) is 0.500. The third-order valence-corrected chi connectivity index (χ3v) is 3.00. The van der Waals surface area contributed by atoms with Crippen molar-refractivity contribution in [2.45, 2.75) is 26.9 Å². The molecule has 9 heteroatoms. The molecule has 0 fully saturated rings. The van der Waals surface area contributed by atoms with Gasteiger partial charge in [-0.25, -0.2) is 4.68 Å². The van der Waals surface area contributed by atoms with Crippen molar-refractivity contribution in [3.63, 3.8) is 0 Å². The average Bonchev–Trinajstić information content (AvgIpc) is 3.01. The molecule has 9 nitrogen and oxygen atoms in total. The van der Waals surface area contributed by atoms with E-state index in [4.69, 9.17) is 4.74 Å². The molecule has 0 aliphatic carbocycles. The number of nitrogens with zero attached hydrogens (tertiary/aromatic N) is 5. The standard InChI is InChI=1S/C12H18N6O3/c1-4-17-12(11(18(19)20)9(2)15-17)14-10-7-13-16(8-10)5-6-21-3/h7-8,14H,4-6H2,1-3H3. The average molecular weight is 294 g/mol. The van der Waals surface area contributed by atoms with Gasteiger partial charge >= 0.3 is 5.69 Å². The number of ether oxygens (including phenoxy) is 1. The summed E-state index contributed by atoms with van der Waals surface area (Å²) in [6.07, 6.45) is 3.38. The van der Waals surface area contributed by atoms with Crippen LogP contribution in [0.15, 0.2) is 12.4 Å². The Kier molecular flexibility index (Phi) is 4.53. The molecule has 2 aromatic rings. The zero-order valence-electron chi connectivity index (χ0n) is 12.2. The molecule has 0 unspecified atom stereocenters. The summed E-state index contributed by atoms with van der Waals surface area (Å²) in [5.74, 6) is 0.367. The molecule has 2 aromatic heterocycles. The van der Waals surface area contributed by atoms with E-state index in [-0.39, 0.29) is 5.69 Å². The Morgan fingerprint density at radius 2 is 2.29 bits per heavy atom. The number of hydrogen-bond donors (Lipinski definition) is 1. The number of rotatable bonds is 7. The van der Waals surface area contributed by atoms with Crippen LogP contribution < -0.4 is 5.32 Å². The molecule has 0 aliphatic rings. The Bertz CT molecular complexity index is 633. The summed E-state index contributed by atoms with van der Waals surface area (Å²) < 4.78 is 8.25. The van der Waals surface area contributed by atoms with Crippen molar-refractivity contribution in [3.8, 4) is 0 Å². The second kappa shape index (κ2) is 6.35. The number of methoxy groups -OCH3 is 1. The van der Waals surface area contributed by atoms with Crippen molar-refractivity contribution in [1.29, 1.82) is 0 Å². The molecule has 114 valence electrons. The number of nitrogens with one attached hydrogen (secondary N) is 1. The molecular formula is C12H18N6O3. The molecule has 0 amide bonds. The van der Waals surface area contributed by atoms with Crippen molar-refractivity contribution < 1.29 is 9.66 Å². The minimum Gasteiger partial charge on any atom is -0.383 e. The molecule has 1 N–H and O–H groups in total. The first-order valence-corrected chi connectivity index (χ1v) is 6.57. The molecule has 0 spiro atoms. The van der Waals surface area contributed by atoms with Gasteiger partial charge in [0.15, 0.2) is 0 Å². The number of aromatic nitrogens is 4. The molecule has 0 saturated carbocycles. The fourth-order valence-electron chi connectivity index (χ4n) is 2.02. The highest BCUT2D eigenvalue weighted by molar-refractivity contribution is 5.66. The quantitative estimate of drug-likeness (QED) is 0.616. The van der Waals surface area contributed by atoms with E-state index in [1.165, 1.54) is 0 Å². The highest BCUT2D eigenvalue weighted by atomic mass is 16.6. The Morgan fingerprint density at radius 1 is 1.52 bits per heavy atom. The summed E-state index contributed by atoms with van der Waals surface area (Å²) >= 11 is 0. The lowest BCUT2D eigenvalue weighted by molar-refractivity contribution is -0.384. The summed E-state index contributed by atoms with van der Waals surface area (Å²) in [5.41, 5.74) is 1.04. The SMILES string of the molecule is CCn1nc(C)c([N+](=O)[O-])c1Nc1cnn(CCOC)c1. The summed E-state index contributed by atoms with van der Waals surface area (Å²) in [5, 5.41) is 22.5. The molecule has 21 heavy (non-hydrogen) atoms. The topological polar surface area (TPSA) is 100 Å². The highest BCUT2D eigenvalue weighted by Gasteiger charge is 2.25. The molecule has 0 atom stereocenters. The van der Waals surface area contributed by atoms with E-state index in [2.05, 4.69) is 15.5 Å². The zero-order chi connectivity index (χ0) is 15.4. The van der Waals surface area contributed by atoms with Crippen LogP contribution in [0.1, 0.15) is 12.6 Å². The largest absolute Gasteiger partial charge is 0.383 e. The van der Waals surface area contributed by atoms with E-state index >= 15 is 0 Å². The first-order valence-electron chi connectivity index (χ1n) is 6.57.